The Labute approximate surface area is 166 Å². The van der Waals surface area contributed by atoms with E-state index in [4.69, 9.17) is 0 Å². The molecule has 6 heteroatoms. The number of nitrogens with zero attached hydrogens (tertiary/aromatic N) is 3. The lowest BCUT2D eigenvalue weighted by atomic mass is 10.0. The predicted molar refractivity (Wildman–Crippen MR) is 113 cm³/mol. The molecular weight excluding hydrogens is 338 g/mol. The maximum atomic E-state index is 12.0. The van der Waals surface area contributed by atoms with E-state index in [1.165, 1.54) is 38.9 Å². The molecule has 0 bridgehead atoms. The number of carbonyl (C=O) groups is 1. The molecule has 0 spiro atoms. The van der Waals surface area contributed by atoms with Gasteiger partial charge in [0.05, 0.1) is 0 Å². The quantitative estimate of drug-likeness (QED) is 0.367. The fourth-order valence-electron chi connectivity index (χ4n) is 4.07. The van der Waals surface area contributed by atoms with Gasteiger partial charge in [-0.2, -0.15) is 0 Å². The van der Waals surface area contributed by atoms with Crippen LogP contribution in [-0.4, -0.2) is 74.0 Å². The summed E-state index contributed by atoms with van der Waals surface area (Å²) < 4.78 is 0. The van der Waals surface area contributed by atoms with E-state index in [-0.39, 0.29) is 0 Å². The summed E-state index contributed by atoms with van der Waals surface area (Å²) in [5.74, 6) is 2.09. The second-order valence-corrected chi connectivity index (χ2v) is 8.13. The standard InChI is InChI=1S/C21H41N5O/c1-3-22-21(23-12-8-15-25-14-7-10-19(2)18-25)24-13-9-17-26-16-6-4-5-11-20(26)27/h19H,3-18H2,1-2H3,(H2,22,23,24). The Morgan fingerprint density at radius 3 is 2.81 bits per heavy atom. The minimum absolute atomic E-state index is 0.327. The Balaban J connectivity index is 1.62. The summed E-state index contributed by atoms with van der Waals surface area (Å²) >= 11 is 0. The van der Waals surface area contributed by atoms with Crippen molar-refractivity contribution in [2.75, 3.05) is 52.4 Å². The lowest BCUT2D eigenvalue weighted by molar-refractivity contribution is -0.130. The summed E-state index contributed by atoms with van der Waals surface area (Å²) in [6, 6.07) is 0. The molecule has 0 aromatic rings. The van der Waals surface area contributed by atoms with E-state index in [9.17, 15) is 4.79 Å². The molecular formula is C21H41N5O. The molecule has 2 heterocycles. The number of aliphatic imine (C=N–C) groups is 1. The highest BCUT2D eigenvalue weighted by molar-refractivity contribution is 5.79. The van der Waals surface area contributed by atoms with Crippen LogP contribution in [0.4, 0.5) is 0 Å². The molecule has 0 aromatic heterocycles. The maximum Gasteiger partial charge on any atom is 0.222 e. The smallest absolute Gasteiger partial charge is 0.222 e. The number of piperidine rings is 1. The molecule has 2 aliphatic heterocycles. The number of amides is 1. The van der Waals surface area contributed by atoms with Crippen molar-refractivity contribution in [1.29, 1.82) is 0 Å². The van der Waals surface area contributed by atoms with Crippen molar-refractivity contribution in [2.24, 2.45) is 10.9 Å². The Hall–Kier alpha value is -1.30. The number of carbonyl (C=O) groups excluding carboxylic acids is 1. The molecule has 0 aliphatic carbocycles. The summed E-state index contributed by atoms with van der Waals surface area (Å²) in [5.41, 5.74) is 0. The number of hydrogen-bond donors (Lipinski definition) is 2. The van der Waals surface area contributed by atoms with Gasteiger partial charge in [0.1, 0.15) is 0 Å². The summed E-state index contributed by atoms with van der Waals surface area (Å²) in [6.45, 7) is 12.5. The summed E-state index contributed by atoms with van der Waals surface area (Å²) in [6.07, 6.45) is 8.93. The van der Waals surface area contributed by atoms with Gasteiger partial charge in [0.25, 0.3) is 0 Å². The summed E-state index contributed by atoms with van der Waals surface area (Å²) in [4.78, 5) is 21.3. The van der Waals surface area contributed by atoms with Gasteiger partial charge < -0.3 is 20.4 Å². The molecule has 156 valence electrons. The molecule has 0 saturated carbocycles. The molecule has 2 aliphatic rings. The highest BCUT2D eigenvalue weighted by Crippen LogP contribution is 2.15. The molecule has 27 heavy (non-hydrogen) atoms. The average Bonchev–Trinajstić information content (AvgIpc) is 2.86. The third-order valence-corrected chi connectivity index (χ3v) is 5.56. The van der Waals surface area contributed by atoms with Crippen molar-refractivity contribution >= 4 is 11.9 Å². The monoisotopic (exact) mass is 379 g/mol. The highest BCUT2D eigenvalue weighted by atomic mass is 16.2. The molecule has 2 N–H and O–H groups in total. The maximum absolute atomic E-state index is 12.0. The molecule has 2 fully saturated rings. The van der Waals surface area contributed by atoms with E-state index < -0.39 is 0 Å². The van der Waals surface area contributed by atoms with Crippen LogP contribution in [0.3, 0.4) is 0 Å². The van der Waals surface area contributed by atoms with Gasteiger partial charge in [-0.3, -0.25) is 9.79 Å². The van der Waals surface area contributed by atoms with E-state index in [1.54, 1.807) is 0 Å². The first kappa shape index (κ1) is 22.0. The van der Waals surface area contributed by atoms with Crippen LogP contribution in [0, 0.1) is 5.92 Å². The number of hydrogen-bond acceptors (Lipinski definition) is 3. The predicted octanol–water partition coefficient (Wildman–Crippen LogP) is 2.46. The van der Waals surface area contributed by atoms with E-state index in [0.717, 1.165) is 76.7 Å². The molecule has 1 amide bonds. The van der Waals surface area contributed by atoms with Gasteiger partial charge in [0.15, 0.2) is 5.96 Å². The van der Waals surface area contributed by atoms with Crippen LogP contribution in [0.5, 0.6) is 0 Å². The zero-order valence-corrected chi connectivity index (χ0v) is 17.6. The largest absolute Gasteiger partial charge is 0.357 e. The lowest BCUT2D eigenvalue weighted by Crippen LogP contribution is -2.40. The first-order valence-corrected chi connectivity index (χ1v) is 11.2. The van der Waals surface area contributed by atoms with Gasteiger partial charge in [-0.25, -0.2) is 0 Å². The summed E-state index contributed by atoms with van der Waals surface area (Å²) in [7, 11) is 0. The van der Waals surface area contributed by atoms with Crippen molar-refractivity contribution in [3.63, 3.8) is 0 Å². The second kappa shape index (κ2) is 13.0. The Kier molecular flexibility index (Phi) is 10.6. The molecule has 2 saturated heterocycles. The van der Waals surface area contributed by atoms with E-state index in [1.807, 2.05) is 4.90 Å². The highest BCUT2D eigenvalue weighted by Gasteiger charge is 2.16. The van der Waals surface area contributed by atoms with Crippen molar-refractivity contribution in [3.8, 4) is 0 Å². The first-order valence-electron chi connectivity index (χ1n) is 11.2. The van der Waals surface area contributed by atoms with Crippen molar-refractivity contribution in [1.82, 2.24) is 20.4 Å². The van der Waals surface area contributed by atoms with Gasteiger partial charge in [0, 0.05) is 45.7 Å². The minimum Gasteiger partial charge on any atom is -0.357 e. The van der Waals surface area contributed by atoms with Crippen LogP contribution in [0.1, 0.15) is 65.2 Å². The zero-order chi connectivity index (χ0) is 19.3. The molecule has 6 nitrogen and oxygen atoms in total. The van der Waals surface area contributed by atoms with E-state index in [2.05, 4.69) is 34.4 Å². The fraction of sp³-hybridized carbons (Fsp3) is 0.905. The number of rotatable bonds is 9. The normalized spacial score (nSPS) is 22.6. The molecule has 1 atom stereocenters. The Bertz CT molecular complexity index is 454. The van der Waals surface area contributed by atoms with Crippen LogP contribution >= 0.6 is 0 Å². The summed E-state index contributed by atoms with van der Waals surface area (Å²) in [5, 5.41) is 6.79. The van der Waals surface area contributed by atoms with Crippen molar-refractivity contribution in [3.05, 3.63) is 0 Å². The van der Waals surface area contributed by atoms with Crippen LogP contribution < -0.4 is 10.6 Å². The number of guanidine groups is 1. The van der Waals surface area contributed by atoms with E-state index >= 15 is 0 Å². The Morgan fingerprint density at radius 1 is 1.11 bits per heavy atom. The molecule has 2 rings (SSSR count). The third-order valence-electron chi connectivity index (χ3n) is 5.56. The van der Waals surface area contributed by atoms with Crippen molar-refractivity contribution < 1.29 is 4.79 Å². The van der Waals surface area contributed by atoms with E-state index in [0.29, 0.717) is 5.91 Å². The van der Waals surface area contributed by atoms with Gasteiger partial charge in [-0.05, 0) is 64.5 Å². The first-order chi connectivity index (χ1) is 13.2. The second-order valence-electron chi connectivity index (χ2n) is 8.13. The van der Waals surface area contributed by atoms with Gasteiger partial charge in [-0.1, -0.05) is 13.3 Å². The SMILES string of the molecule is CCNC(=NCCCN1CCCCCC1=O)NCCCN1CCCC(C)C1. The van der Waals surface area contributed by atoms with Crippen LogP contribution in [-0.2, 0) is 4.79 Å². The topological polar surface area (TPSA) is 60.0 Å². The molecule has 0 aromatic carbocycles. The number of likely N-dealkylation sites (tertiary alicyclic amines) is 2. The molecule has 1 unspecified atom stereocenters. The van der Waals surface area contributed by atoms with Crippen LogP contribution in [0.2, 0.25) is 0 Å². The average molecular weight is 380 g/mol. The molecule has 0 radical (unpaired) electrons. The fourth-order valence-corrected chi connectivity index (χ4v) is 4.07. The van der Waals surface area contributed by atoms with Crippen LogP contribution in [0.15, 0.2) is 4.99 Å². The number of nitrogens with one attached hydrogen (secondary N) is 2. The van der Waals surface area contributed by atoms with Crippen molar-refractivity contribution in [2.45, 2.75) is 65.2 Å². The van der Waals surface area contributed by atoms with Gasteiger partial charge >= 0.3 is 0 Å². The van der Waals surface area contributed by atoms with Crippen LogP contribution in [0.25, 0.3) is 0 Å². The Morgan fingerprint density at radius 2 is 2.00 bits per heavy atom. The van der Waals surface area contributed by atoms with Gasteiger partial charge in [0.2, 0.25) is 5.91 Å². The zero-order valence-electron chi connectivity index (χ0n) is 17.6. The lowest BCUT2D eigenvalue weighted by Gasteiger charge is -2.30. The minimum atomic E-state index is 0.327. The third kappa shape index (κ3) is 8.96. The van der Waals surface area contributed by atoms with Gasteiger partial charge in [-0.15, -0.1) is 0 Å².